The van der Waals surface area contributed by atoms with Crippen LogP contribution in [0.2, 0.25) is 0 Å². The van der Waals surface area contributed by atoms with Crippen LogP contribution < -0.4 is 5.32 Å². The number of likely N-dealkylation sites (tertiary alicyclic amines) is 1. The van der Waals surface area contributed by atoms with E-state index in [-0.39, 0.29) is 5.91 Å². The third-order valence-electron chi connectivity index (χ3n) is 3.81. The first-order valence-electron chi connectivity index (χ1n) is 6.91. The van der Waals surface area contributed by atoms with Crippen molar-refractivity contribution < 1.29 is 4.79 Å². The van der Waals surface area contributed by atoms with Gasteiger partial charge in [0.2, 0.25) is 0 Å². The Labute approximate surface area is 123 Å². The van der Waals surface area contributed by atoms with Gasteiger partial charge in [-0.1, -0.05) is 0 Å². The summed E-state index contributed by atoms with van der Waals surface area (Å²) in [6.07, 6.45) is 6.44. The smallest absolute Gasteiger partial charge is 0.270 e. The quantitative estimate of drug-likeness (QED) is 0.921. The van der Waals surface area contributed by atoms with Crippen molar-refractivity contribution in [1.82, 2.24) is 14.8 Å². The molecule has 2 heterocycles. The molecular weight excluding hydrogens is 306 g/mol. The van der Waals surface area contributed by atoms with E-state index >= 15 is 0 Å². The highest BCUT2D eigenvalue weighted by atomic mass is 79.9. The van der Waals surface area contributed by atoms with E-state index in [2.05, 4.69) is 26.1 Å². The maximum atomic E-state index is 12.7. The van der Waals surface area contributed by atoms with E-state index in [0.717, 1.165) is 42.5 Å². The fraction of sp³-hybridized carbons (Fsp3) is 0.643. The molecular formula is C14H22BrN3O. The molecule has 0 spiro atoms. The summed E-state index contributed by atoms with van der Waals surface area (Å²) >= 11 is 3.43. The van der Waals surface area contributed by atoms with E-state index in [1.807, 2.05) is 30.9 Å². The highest BCUT2D eigenvalue weighted by Crippen LogP contribution is 2.23. The summed E-state index contributed by atoms with van der Waals surface area (Å²) in [7, 11) is 3.88. The van der Waals surface area contributed by atoms with Crippen LogP contribution >= 0.6 is 15.9 Å². The van der Waals surface area contributed by atoms with Gasteiger partial charge in [-0.05, 0) is 61.3 Å². The Morgan fingerprint density at radius 2 is 2.32 bits per heavy atom. The molecule has 0 aliphatic carbocycles. The van der Waals surface area contributed by atoms with Gasteiger partial charge in [-0.25, -0.2) is 0 Å². The fourth-order valence-corrected chi connectivity index (χ4v) is 3.29. The van der Waals surface area contributed by atoms with Crippen LogP contribution in [0.5, 0.6) is 0 Å². The van der Waals surface area contributed by atoms with Crippen LogP contribution in [0, 0.1) is 0 Å². The van der Waals surface area contributed by atoms with E-state index in [9.17, 15) is 4.79 Å². The van der Waals surface area contributed by atoms with Gasteiger partial charge in [0, 0.05) is 30.3 Å². The number of aromatic nitrogens is 1. The van der Waals surface area contributed by atoms with Crippen LogP contribution in [-0.4, -0.2) is 41.6 Å². The maximum Gasteiger partial charge on any atom is 0.270 e. The Balaban J connectivity index is 2.13. The van der Waals surface area contributed by atoms with Crippen LogP contribution in [0.3, 0.4) is 0 Å². The monoisotopic (exact) mass is 327 g/mol. The number of aryl methyl sites for hydroxylation is 1. The molecule has 1 aliphatic heterocycles. The minimum absolute atomic E-state index is 0.161. The highest BCUT2D eigenvalue weighted by molar-refractivity contribution is 9.10. The van der Waals surface area contributed by atoms with Gasteiger partial charge >= 0.3 is 0 Å². The lowest BCUT2D eigenvalue weighted by atomic mass is 9.99. The van der Waals surface area contributed by atoms with Crippen molar-refractivity contribution in [2.24, 2.45) is 7.05 Å². The summed E-state index contributed by atoms with van der Waals surface area (Å²) in [6, 6.07) is 2.29. The topological polar surface area (TPSA) is 37.3 Å². The minimum atomic E-state index is 0.161. The molecule has 4 nitrogen and oxygen atoms in total. The second kappa shape index (κ2) is 6.57. The number of amides is 1. The summed E-state index contributed by atoms with van der Waals surface area (Å²) in [5, 5.41) is 3.18. The van der Waals surface area contributed by atoms with Crippen molar-refractivity contribution in [3.8, 4) is 0 Å². The molecule has 106 valence electrons. The number of hydrogen-bond donors (Lipinski definition) is 1. The van der Waals surface area contributed by atoms with Crippen molar-refractivity contribution in [3.63, 3.8) is 0 Å². The summed E-state index contributed by atoms with van der Waals surface area (Å²) in [6.45, 7) is 1.85. The molecule has 1 aromatic rings. The first-order valence-corrected chi connectivity index (χ1v) is 7.70. The lowest BCUT2D eigenvalue weighted by Gasteiger charge is -2.36. The Hall–Kier alpha value is -0.810. The predicted molar refractivity (Wildman–Crippen MR) is 80.3 cm³/mol. The molecule has 0 radical (unpaired) electrons. The second-order valence-electron chi connectivity index (χ2n) is 5.19. The molecule has 1 aromatic heterocycles. The number of hydrogen-bond acceptors (Lipinski definition) is 2. The van der Waals surface area contributed by atoms with Gasteiger partial charge in [-0.15, -0.1) is 0 Å². The van der Waals surface area contributed by atoms with E-state index < -0.39 is 0 Å². The van der Waals surface area contributed by atoms with Crippen molar-refractivity contribution >= 4 is 21.8 Å². The summed E-state index contributed by atoms with van der Waals surface area (Å²) in [4.78, 5) is 14.7. The van der Waals surface area contributed by atoms with Crippen molar-refractivity contribution in [2.75, 3.05) is 20.1 Å². The summed E-state index contributed by atoms with van der Waals surface area (Å²) < 4.78 is 2.86. The standard InChI is InChI=1S/C14H22BrN3O/c1-16-7-6-12-5-3-4-8-18(12)14(19)13-9-11(15)10-17(13)2/h9-10,12,16H,3-8H2,1-2H3. The van der Waals surface area contributed by atoms with Crippen molar-refractivity contribution in [3.05, 3.63) is 22.4 Å². The molecule has 0 saturated carbocycles. The number of carbonyl (C=O) groups is 1. The molecule has 0 aromatic carbocycles. The van der Waals surface area contributed by atoms with Crippen LogP contribution in [-0.2, 0) is 7.05 Å². The Bertz CT molecular complexity index is 444. The Morgan fingerprint density at radius 1 is 1.53 bits per heavy atom. The zero-order valence-corrected chi connectivity index (χ0v) is 13.2. The Kier molecular flexibility index (Phi) is 5.05. The number of nitrogens with zero attached hydrogens (tertiary/aromatic N) is 2. The molecule has 1 fully saturated rings. The molecule has 1 atom stereocenters. The average Bonchev–Trinajstić information content (AvgIpc) is 2.75. The van der Waals surface area contributed by atoms with Gasteiger partial charge < -0.3 is 14.8 Å². The maximum absolute atomic E-state index is 12.7. The molecule has 5 heteroatoms. The fourth-order valence-electron chi connectivity index (χ4n) is 2.76. The van der Waals surface area contributed by atoms with Crippen LogP contribution in [0.15, 0.2) is 16.7 Å². The van der Waals surface area contributed by atoms with E-state index in [4.69, 9.17) is 0 Å². The van der Waals surface area contributed by atoms with E-state index in [1.165, 1.54) is 6.42 Å². The molecule has 2 rings (SSSR count). The van der Waals surface area contributed by atoms with Crippen LogP contribution in [0.1, 0.15) is 36.2 Å². The normalized spacial score (nSPS) is 19.7. The molecule has 1 saturated heterocycles. The molecule has 19 heavy (non-hydrogen) atoms. The predicted octanol–water partition coefficient (Wildman–Crippen LogP) is 2.39. The number of rotatable bonds is 4. The van der Waals surface area contributed by atoms with Gasteiger partial charge in [0.15, 0.2) is 0 Å². The highest BCUT2D eigenvalue weighted by Gasteiger charge is 2.28. The number of halogens is 1. The summed E-state index contributed by atoms with van der Waals surface area (Å²) in [5.74, 6) is 0.161. The van der Waals surface area contributed by atoms with Gasteiger partial charge in [0.1, 0.15) is 5.69 Å². The summed E-state index contributed by atoms with van der Waals surface area (Å²) in [5.41, 5.74) is 0.767. The zero-order valence-electron chi connectivity index (χ0n) is 11.7. The first-order chi connectivity index (χ1) is 9.13. The lowest BCUT2D eigenvalue weighted by Crippen LogP contribution is -2.45. The van der Waals surface area contributed by atoms with Crippen molar-refractivity contribution in [2.45, 2.75) is 31.7 Å². The number of carbonyl (C=O) groups excluding carboxylic acids is 1. The Morgan fingerprint density at radius 3 is 2.95 bits per heavy atom. The van der Waals surface area contributed by atoms with E-state index in [0.29, 0.717) is 6.04 Å². The minimum Gasteiger partial charge on any atom is -0.345 e. The first kappa shape index (κ1) is 14.6. The van der Waals surface area contributed by atoms with Gasteiger partial charge in [0.25, 0.3) is 5.91 Å². The molecule has 0 bridgehead atoms. The van der Waals surface area contributed by atoms with Gasteiger partial charge in [-0.2, -0.15) is 0 Å². The molecule has 1 aliphatic rings. The SMILES string of the molecule is CNCCC1CCCCN1C(=O)c1cc(Br)cn1C. The lowest BCUT2D eigenvalue weighted by molar-refractivity contribution is 0.0593. The van der Waals surface area contributed by atoms with Gasteiger partial charge in [0.05, 0.1) is 0 Å². The zero-order chi connectivity index (χ0) is 13.8. The van der Waals surface area contributed by atoms with Gasteiger partial charge in [-0.3, -0.25) is 4.79 Å². The number of nitrogens with one attached hydrogen (secondary N) is 1. The molecule has 1 N–H and O–H groups in total. The molecule has 1 unspecified atom stereocenters. The largest absolute Gasteiger partial charge is 0.345 e. The van der Waals surface area contributed by atoms with Crippen LogP contribution in [0.4, 0.5) is 0 Å². The molecule has 1 amide bonds. The third kappa shape index (κ3) is 3.39. The number of piperidine rings is 1. The average molecular weight is 328 g/mol. The van der Waals surface area contributed by atoms with E-state index in [1.54, 1.807) is 0 Å². The van der Waals surface area contributed by atoms with Crippen molar-refractivity contribution in [1.29, 1.82) is 0 Å². The third-order valence-corrected chi connectivity index (χ3v) is 4.24. The second-order valence-corrected chi connectivity index (χ2v) is 6.11. The van der Waals surface area contributed by atoms with Crippen LogP contribution in [0.25, 0.3) is 0 Å².